The molecule has 3 heteroatoms. The van der Waals surface area contributed by atoms with Gasteiger partial charge in [0.1, 0.15) is 0 Å². The van der Waals surface area contributed by atoms with Gasteiger partial charge in [-0.05, 0) is 29.7 Å². The van der Waals surface area contributed by atoms with Crippen molar-refractivity contribution in [3.63, 3.8) is 0 Å². The summed E-state index contributed by atoms with van der Waals surface area (Å²) >= 11 is 0. The van der Waals surface area contributed by atoms with Crippen LogP contribution in [0.15, 0.2) is 48.5 Å². The molecule has 0 aliphatic heterocycles. The van der Waals surface area contributed by atoms with Crippen molar-refractivity contribution in [1.29, 1.82) is 0 Å². The van der Waals surface area contributed by atoms with E-state index in [0.29, 0.717) is 0 Å². The van der Waals surface area contributed by atoms with Crippen LogP contribution in [0.4, 0.5) is 0 Å². The predicted molar refractivity (Wildman–Crippen MR) is 95.6 cm³/mol. The van der Waals surface area contributed by atoms with Gasteiger partial charge < -0.3 is 9.47 Å². The summed E-state index contributed by atoms with van der Waals surface area (Å²) in [6.45, 7) is 6.34. The molecule has 0 fully saturated rings. The lowest BCUT2D eigenvalue weighted by Gasteiger charge is -2.22. The highest BCUT2D eigenvalue weighted by Crippen LogP contribution is 2.22. The Hall–Kier alpha value is -1.68. The Bertz CT molecular complexity index is 590. The van der Waals surface area contributed by atoms with Gasteiger partial charge in [0.2, 0.25) is 0 Å². The Labute approximate surface area is 139 Å². The minimum Gasteiger partial charge on any atom is -0.383 e. The van der Waals surface area contributed by atoms with Crippen LogP contribution in [0.1, 0.15) is 11.1 Å². The van der Waals surface area contributed by atoms with Crippen molar-refractivity contribution >= 4 is 0 Å². The molecule has 0 aromatic heterocycles. The van der Waals surface area contributed by atoms with E-state index in [0.717, 1.165) is 32.8 Å². The topological polar surface area (TPSA) is 21.7 Å². The van der Waals surface area contributed by atoms with Crippen LogP contribution >= 0.6 is 0 Å². The van der Waals surface area contributed by atoms with Crippen molar-refractivity contribution in [3.8, 4) is 11.1 Å². The van der Waals surface area contributed by atoms with E-state index >= 15 is 0 Å². The Kier molecular flexibility index (Phi) is 7.27. The maximum Gasteiger partial charge on any atom is 0.0589 e. The molecular weight excluding hydrogens is 286 g/mol. The molecule has 0 spiro atoms. The minimum absolute atomic E-state index is 0.737. The SMILES string of the molecule is COCCN(CCOC)Cc1cccc(-c2cccc(C)c2)c1. The monoisotopic (exact) mass is 313 g/mol. The second kappa shape index (κ2) is 9.46. The quantitative estimate of drug-likeness (QED) is 0.703. The van der Waals surface area contributed by atoms with Gasteiger partial charge in [-0.3, -0.25) is 4.90 Å². The molecule has 0 aliphatic rings. The number of hydrogen-bond acceptors (Lipinski definition) is 3. The molecule has 0 unspecified atom stereocenters. The fourth-order valence-electron chi connectivity index (χ4n) is 2.64. The third-order valence-electron chi connectivity index (χ3n) is 3.91. The molecule has 0 heterocycles. The normalized spacial score (nSPS) is 11.1. The summed E-state index contributed by atoms with van der Waals surface area (Å²) < 4.78 is 10.4. The molecule has 0 radical (unpaired) electrons. The van der Waals surface area contributed by atoms with Crippen molar-refractivity contribution < 1.29 is 9.47 Å². The molecule has 0 amide bonds. The number of nitrogens with zero attached hydrogens (tertiary/aromatic N) is 1. The van der Waals surface area contributed by atoms with Crippen LogP contribution in [0.2, 0.25) is 0 Å². The zero-order valence-electron chi connectivity index (χ0n) is 14.4. The molecule has 0 aliphatic carbocycles. The molecule has 0 bridgehead atoms. The first-order valence-electron chi connectivity index (χ1n) is 8.09. The van der Waals surface area contributed by atoms with E-state index in [4.69, 9.17) is 9.47 Å². The van der Waals surface area contributed by atoms with Gasteiger partial charge in [0.15, 0.2) is 0 Å². The molecule has 0 saturated heterocycles. The van der Waals surface area contributed by atoms with E-state index in [1.165, 1.54) is 22.3 Å². The smallest absolute Gasteiger partial charge is 0.0589 e. The van der Waals surface area contributed by atoms with E-state index < -0.39 is 0 Å². The van der Waals surface area contributed by atoms with Gasteiger partial charge in [0.25, 0.3) is 0 Å². The van der Waals surface area contributed by atoms with Gasteiger partial charge in [-0.2, -0.15) is 0 Å². The highest BCUT2D eigenvalue weighted by molar-refractivity contribution is 5.64. The highest BCUT2D eigenvalue weighted by Gasteiger charge is 2.07. The summed E-state index contributed by atoms with van der Waals surface area (Å²) in [7, 11) is 3.49. The Morgan fingerprint density at radius 3 is 2.04 bits per heavy atom. The average molecular weight is 313 g/mol. The lowest BCUT2D eigenvalue weighted by atomic mass is 10.0. The van der Waals surface area contributed by atoms with Crippen molar-refractivity contribution in [2.45, 2.75) is 13.5 Å². The standard InChI is InChI=1S/C20H27NO2/c1-17-6-4-8-19(14-17)20-9-5-7-18(15-20)16-21(10-12-22-2)11-13-23-3/h4-9,14-15H,10-13,16H2,1-3H3. The van der Waals surface area contributed by atoms with Crippen LogP contribution in [0, 0.1) is 6.92 Å². The van der Waals surface area contributed by atoms with Crippen molar-refractivity contribution in [3.05, 3.63) is 59.7 Å². The maximum absolute atomic E-state index is 5.21. The van der Waals surface area contributed by atoms with Crippen molar-refractivity contribution in [2.75, 3.05) is 40.5 Å². The molecular formula is C20H27NO2. The summed E-state index contributed by atoms with van der Waals surface area (Å²) in [5, 5.41) is 0. The Morgan fingerprint density at radius 2 is 1.43 bits per heavy atom. The van der Waals surface area contributed by atoms with E-state index in [1.54, 1.807) is 14.2 Å². The molecule has 23 heavy (non-hydrogen) atoms. The number of rotatable bonds is 9. The number of ether oxygens (including phenoxy) is 2. The van der Waals surface area contributed by atoms with Crippen LogP contribution in [-0.4, -0.2) is 45.4 Å². The number of benzene rings is 2. The van der Waals surface area contributed by atoms with Crippen LogP contribution in [0.25, 0.3) is 11.1 Å². The third-order valence-corrected chi connectivity index (χ3v) is 3.91. The van der Waals surface area contributed by atoms with E-state index in [1.807, 2.05) is 0 Å². The zero-order valence-corrected chi connectivity index (χ0v) is 14.4. The van der Waals surface area contributed by atoms with Gasteiger partial charge in [0.05, 0.1) is 13.2 Å². The van der Waals surface area contributed by atoms with Gasteiger partial charge in [-0.1, -0.05) is 48.0 Å². The van der Waals surface area contributed by atoms with Gasteiger partial charge in [-0.15, -0.1) is 0 Å². The van der Waals surface area contributed by atoms with E-state index in [9.17, 15) is 0 Å². The first-order valence-corrected chi connectivity index (χ1v) is 8.09. The van der Waals surface area contributed by atoms with E-state index in [2.05, 4.69) is 60.4 Å². The zero-order chi connectivity index (χ0) is 16.5. The van der Waals surface area contributed by atoms with Crippen LogP contribution in [0.3, 0.4) is 0 Å². The van der Waals surface area contributed by atoms with Crippen LogP contribution < -0.4 is 0 Å². The van der Waals surface area contributed by atoms with Gasteiger partial charge in [0, 0.05) is 33.9 Å². The summed E-state index contributed by atoms with van der Waals surface area (Å²) in [6.07, 6.45) is 0. The Balaban J connectivity index is 2.11. The minimum atomic E-state index is 0.737. The highest BCUT2D eigenvalue weighted by atomic mass is 16.5. The summed E-state index contributed by atoms with van der Waals surface area (Å²) in [5.41, 5.74) is 5.14. The molecule has 2 rings (SSSR count). The molecule has 3 nitrogen and oxygen atoms in total. The number of aryl methyl sites for hydroxylation is 1. The molecule has 0 N–H and O–H groups in total. The largest absolute Gasteiger partial charge is 0.383 e. The fourth-order valence-corrected chi connectivity index (χ4v) is 2.64. The third kappa shape index (κ3) is 5.79. The molecule has 0 saturated carbocycles. The maximum atomic E-state index is 5.21. The lowest BCUT2D eigenvalue weighted by molar-refractivity contribution is 0.110. The summed E-state index contributed by atoms with van der Waals surface area (Å²) in [4.78, 5) is 2.36. The Morgan fingerprint density at radius 1 is 0.826 bits per heavy atom. The summed E-state index contributed by atoms with van der Waals surface area (Å²) in [5.74, 6) is 0. The summed E-state index contributed by atoms with van der Waals surface area (Å²) in [6, 6.07) is 17.4. The number of methoxy groups -OCH3 is 2. The van der Waals surface area contributed by atoms with Gasteiger partial charge >= 0.3 is 0 Å². The van der Waals surface area contributed by atoms with Crippen molar-refractivity contribution in [2.24, 2.45) is 0 Å². The lowest BCUT2D eigenvalue weighted by Crippen LogP contribution is -2.30. The molecule has 2 aromatic rings. The predicted octanol–water partition coefficient (Wildman–Crippen LogP) is 3.76. The van der Waals surface area contributed by atoms with E-state index in [-0.39, 0.29) is 0 Å². The molecule has 0 atom stereocenters. The molecule has 124 valence electrons. The van der Waals surface area contributed by atoms with Crippen molar-refractivity contribution in [1.82, 2.24) is 4.90 Å². The average Bonchev–Trinajstić information content (AvgIpc) is 2.57. The second-order valence-electron chi connectivity index (χ2n) is 5.83. The van der Waals surface area contributed by atoms with Crippen LogP contribution in [0.5, 0.6) is 0 Å². The first kappa shape index (κ1) is 17.7. The molecule has 2 aromatic carbocycles. The fraction of sp³-hybridized carbons (Fsp3) is 0.400. The van der Waals surface area contributed by atoms with Crippen LogP contribution in [-0.2, 0) is 16.0 Å². The first-order chi connectivity index (χ1) is 11.2. The number of hydrogen-bond donors (Lipinski definition) is 0. The van der Waals surface area contributed by atoms with Gasteiger partial charge in [-0.25, -0.2) is 0 Å². The second-order valence-corrected chi connectivity index (χ2v) is 5.83.